The van der Waals surface area contributed by atoms with Crippen LogP contribution in [-0.4, -0.2) is 45.3 Å². The number of benzene rings is 2. The summed E-state index contributed by atoms with van der Waals surface area (Å²) in [5, 5.41) is 2.91. The standard InChI is InChI=1S/C21H26N2O2S/c24-21(22-12-7-13-23-14-16-25-17-15-23)20(18-8-3-1-4-9-18)26-19-10-5-2-6-11-19/h1-6,8-11,20H,7,12-17H2,(H,22,24)/p+1/t20-/m1/s1. The molecule has 3 rings (SSSR count). The van der Waals surface area contributed by atoms with Crippen LogP contribution in [0.4, 0.5) is 0 Å². The largest absolute Gasteiger partial charge is 0.370 e. The van der Waals surface area contributed by atoms with E-state index in [0.717, 1.165) is 56.3 Å². The Kier molecular flexibility index (Phi) is 7.55. The summed E-state index contributed by atoms with van der Waals surface area (Å²) in [5.74, 6) is 0.0852. The number of nitrogens with one attached hydrogen (secondary N) is 2. The molecule has 4 nitrogen and oxygen atoms in total. The first-order chi connectivity index (χ1) is 12.8. The first-order valence-electron chi connectivity index (χ1n) is 9.28. The van der Waals surface area contributed by atoms with Crippen LogP contribution in [0.25, 0.3) is 0 Å². The first-order valence-corrected chi connectivity index (χ1v) is 10.2. The molecule has 138 valence electrons. The first kappa shape index (κ1) is 19.0. The predicted molar refractivity (Wildman–Crippen MR) is 105 cm³/mol. The zero-order valence-electron chi connectivity index (χ0n) is 15.0. The summed E-state index contributed by atoms with van der Waals surface area (Å²) in [5.41, 5.74) is 1.04. The van der Waals surface area contributed by atoms with Crippen molar-refractivity contribution in [2.75, 3.05) is 39.4 Å². The topological polar surface area (TPSA) is 42.8 Å². The van der Waals surface area contributed by atoms with E-state index in [1.165, 1.54) is 0 Å². The van der Waals surface area contributed by atoms with Crippen molar-refractivity contribution in [2.24, 2.45) is 0 Å². The quantitative estimate of drug-likeness (QED) is 0.551. The molecule has 26 heavy (non-hydrogen) atoms. The lowest BCUT2D eigenvalue weighted by atomic mass is 10.1. The zero-order chi connectivity index (χ0) is 18.0. The Morgan fingerprint density at radius 2 is 1.69 bits per heavy atom. The number of quaternary nitrogens is 1. The van der Waals surface area contributed by atoms with E-state index in [4.69, 9.17) is 4.74 Å². The number of carbonyl (C=O) groups excluding carboxylic acids is 1. The van der Waals surface area contributed by atoms with Gasteiger partial charge in [-0.05, 0) is 17.7 Å². The summed E-state index contributed by atoms with van der Waals surface area (Å²) < 4.78 is 5.39. The highest BCUT2D eigenvalue weighted by Crippen LogP contribution is 2.35. The van der Waals surface area contributed by atoms with Crippen molar-refractivity contribution in [3.8, 4) is 0 Å². The van der Waals surface area contributed by atoms with Crippen LogP contribution in [0.1, 0.15) is 17.2 Å². The van der Waals surface area contributed by atoms with Crippen LogP contribution < -0.4 is 10.2 Å². The van der Waals surface area contributed by atoms with Crippen LogP contribution in [0.2, 0.25) is 0 Å². The van der Waals surface area contributed by atoms with Crippen molar-refractivity contribution in [2.45, 2.75) is 16.6 Å². The van der Waals surface area contributed by atoms with Gasteiger partial charge in [-0.1, -0.05) is 48.5 Å². The number of morpholine rings is 1. The van der Waals surface area contributed by atoms with Gasteiger partial charge in [-0.3, -0.25) is 4.79 Å². The molecule has 0 unspecified atom stereocenters. The van der Waals surface area contributed by atoms with E-state index in [9.17, 15) is 4.79 Å². The average Bonchev–Trinajstić information content (AvgIpc) is 2.71. The van der Waals surface area contributed by atoms with Gasteiger partial charge in [0, 0.05) is 17.9 Å². The van der Waals surface area contributed by atoms with Gasteiger partial charge >= 0.3 is 0 Å². The molecule has 1 aliphatic rings. The fourth-order valence-electron chi connectivity index (χ4n) is 3.09. The molecule has 2 N–H and O–H groups in total. The number of hydrogen-bond acceptors (Lipinski definition) is 3. The van der Waals surface area contributed by atoms with Crippen molar-refractivity contribution in [1.29, 1.82) is 0 Å². The van der Waals surface area contributed by atoms with E-state index in [1.807, 2.05) is 48.5 Å². The summed E-state index contributed by atoms with van der Waals surface area (Å²) in [7, 11) is 0. The summed E-state index contributed by atoms with van der Waals surface area (Å²) in [6.07, 6.45) is 0.999. The van der Waals surface area contributed by atoms with Crippen molar-refractivity contribution in [1.82, 2.24) is 5.32 Å². The molecule has 1 fully saturated rings. The van der Waals surface area contributed by atoms with Crippen LogP contribution in [0.3, 0.4) is 0 Å². The monoisotopic (exact) mass is 371 g/mol. The van der Waals surface area contributed by atoms with Crippen molar-refractivity contribution in [3.63, 3.8) is 0 Å². The minimum atomic E-state index is -0.227. The molecule has 2 aromatic carbocycles. The Morgan fingerprint density at radius 3 is 2.38 bits per heavy atom. The van der Waals surface area contributed by atoms with Gasteiger partial charge in [-0.15, -0.1) is 11.8 Å². The Hall–Kier alpha value is -1.82. The van der Waals surface area contributed by atoms with E-state index in [2.05, 4.69) is 17.4 Å². The predicted octanol–water partition coefficient (Wildman–Crippen LogP) is 1.94. The smallest absolute Gasteiger partial charge is 0.237 e. The third-order valence-electron chi connectivity index (χ3n) is 4.54. The maximum absolute atomic E-state index is 12.8. The van der Waals surface area contributed by atoms with Gasteiger partial charge in [0.25, 0.3) is 0 Å². The van der Waals surface area contributed by atoms with Gasteiger partial charge < -0.3 is 15.0 Å². The molecule has 2 aromatic rings. The van der Waals surface area contributed by atoms with Gasteiger partial charge in [-0.2, -0.15) is 0 Å². The summed E-state index contributed by atoms with van der Waals surface area (Å²) >= 11 is 1.60. The molecule has 0 aliphatic carbocycles. The molecular weight excluding hydrogens is 344 g/mol. The molecule has 0 spiro atoms. The van der Waals surface area contributed by atoms with Gasteiger partial charge in [-0.25, -0.2) is 0 Å². The SMILES string of the molecule is O=C(NCCC[NH+]1CCOCC1)[C@H](Sc1ccccc1)c1ccccc1. The normalized spacial score (nSPS) is 16.2. The van der Waals surface area contributed by atoms with Crippen LogP contribution in [0.15, 0.2) is 65.6 Å². The maximum atomic E-state index is 12.8. The molecule has 0 saturated carbocycles. The second-order valence-corrected chi connectivity index (χ2v) is 7.66. The molecule has 0 bridgehead atoms. The minimum absolute atomic E-state index is 0.0852. The second-order valence-electron chi connectivity index (χ2n) is 6.48. The Balaban J connectivity index is 1.54. The number of carbonyl (C=O) groups is 1. The lowest BCUT2D eigenvalue weighted by molar-refractivity contribution is -0.908. The second kappa shape index (κ2) is 10.4. The number of amides is 1. The van der Waals surface area contributed by atoms with E-state index in [1.54, 1.807) is 16.7 Å². The fourth-order valence-corrected chi connectivity index (χ4v) is 4.16. The highest BCUT2D eigenvalue weighted by Gasteiger charge is 2.22. The van der Waals surface area contributed by atoms with Gasteiger partial charge in [0.1, 0.15) is 18.3 Å². The van der Waals surface area contributed by atoms with Crippen molar-refractivity contribution in [3.05, 3.63) is 66.2 Å². The summed E-state index contributed by atoms with van der Waals surface area (Å²) in [4.78, 5) is 15.5. The molecule has 0 aromatic heterocycles. The van der Waals surface area contributed by atoms with Crippen molar-refractivity contribution >= 4 is 17.7 Å². The van der Waals surface area contributed by atoms with E-state index in [0.29, 0.717) is 0 Å². The number of hydrogen-bond donors (Lipinski definition) is 2. The summed E-state index contributed by atoms with van der Waals surface area (Å²) in [6, 6.07) is 20.1. The van der Waals surface area contributed by atoms with Gasteiger partial charge in [0.15, 0.2) is 0 Å². The van der Waals surface area contributed by atoms with Gasteiger partial charge in [0.05, 0.1) is 19.8 Å². The molecule has 1 amide bonds. The molecule has 1 heterocycles. The lowest BCUT2D eigenvalue weighted by Gasteiger charge is -2.24. The van der Waals surface area contributed by atoms with Gasteiger partial charge in [0.2, 0.25) is 5.91 Å². The molecular formula is C21H27N2O2S+. The zero-order valence-corrected chi connectivity index (χ0v) is 15.8. The number of thioether (sulfide) groups is 1. The third-order valence-corrected chi connectivity index (χ3v) is 5.81. The van der Waals surface area contributed by atoms with Crippen LogP contribution in [-0.2, 0) is 9.53 Å². The average molecular weight is 372 g/mol. The third kappa shape index (κ3) is 5.87. The van der Waals surface area contributed by atoms with E-state index < -0.39 is 0 Å². The fraction of sp³-hybridized carbons (Fsp3) is 0.381. The Bertz CT molecular complexity index is 660. The summed E-state index contributed by atoms with van der Waals surface area (Å²) in [6.45, 7) is 5.67. The van der Waals surface area contributed by atoms with Crippen LogP contribution >= 0.6 is 11.8 Å². The molecule has 5 heteroatoms. The lowest BCUT2D eigenvalue weighted by Crippen LogP contribution is -3.14. The van der Waals surface area contributed by atoms with Crippen LogP contribution in [0, 0.1) is 0 Å². The highest BCUT2D eigenvalue weighted by atomic mass is 32.2. The van der Waals surface area contributed by atoms with E-state index >= 15 is 0 Å². The van der Waals surface area contributed by atoms with Crippen LogP contribution in [0.5, 0.6) is 0 Å². The maximum Gasteiger partial charge on any atom is 0.237 e. The number of ether oxygens (including phenoxy) is 1. The Morgan fingerprint density at radius 1 is 1.04 bits per heavy atom. The molecule has 1 atom stereocenters. The number of rotatable bonds is 8. The molecule has 1 saturated heterocycles. The molecule has 1 aliphatic heterocycles. The highest BCUT2D eigenvalue weighted by molar-refractivity contribution is 8.00. The minimum Gasteiger partial charge on any atom is -0.370 e. The van der Waals surface area contributed by atoms with Crippen molar-refractivity contribution < 1.29 is 14.4 Å². The molecule has 0 radical (unpaired) electrons. The van der Waals surface area contributed by atoms with E-state index in [-0.39, 0.29) is 11.2 Å². The Labute approximate surface area is 159 Å².